The molecule has 0 aliphatic rings. The SMILES string of the molecule is Cn1c(C(F)(F)F)cc(Cl)c(O)c1=O. The number of alkyl halides is 3. The number of rotatable bonds is 0. The first kappa shape index (κ1) is 10.9. The van der Waals surface area contributed by atoms with E-state index in [9.17, 15) is 18.0 Å². The van der Waals surface area contributed by atoms with Crippen molar-refractivity contribution in [3.05, 3.63) is 27.1 Å². The van der Waals surface area contributed by atoms with E-state index in [1.807, 2.05) is 0 Å². The maximum atomic E-state index is 12.2. The zero-order valence-corrected chi connectivity index (χ0v) is 7.65. The zero-order valence-electron chi connectivity index (χ0n) is 6.89. The Balaban J connectivity index is 3.58. The molecule has 3 nitrogen and oxygen atoms in total. The van der Waals surface area contributed by atoms with Crippen LogP contribution in [0, 0.1) is 0 Å². The van der Waals surface area contributed by atoms with Gasteiger partial charge in [0.25, 0.3) is 5.56 Å². The van der Waals surface area contributed by atoms with Crippen LogP contribution < -0.4 is 5.56 Å². The lowest BCUT2D eigenvalue weighted by Gasteiger charge is -2.12. The first-order valence-corrected chi connectivity index (χ1v) is 3.78. The summed E-state index contributed by atoms with van der Waals surface area (Å²) in [7, 11) is 0.904. The summed E-state index contributed by atoms with van der Waals surface area (Å²) in [6, 6.07) is 0.498. The molecule has 0 saturated carbocycles. The Hall–Kier alpha value is -1.17. The lowest BCUT2D eigenvalue weighted by Crippen LogP contribution is -2.25. The second-order valence-electron chi connectivity index (χ2n) is 2.59. The summed E-state index contributed by atoms with van der Waals surface area (Å²) >= 11 is 5.23. The Morgan fingerprint density at radius 2 is 2.00 bits per heavy atom. The highest BCUT2D eigenvalue weighted by molar-refractivity contribution is 6.31. The number of hydrogen-bond acceptors (Lipinski definition) is 2. The number of aromatic hydroxyl groups is 1. The summed E-state index contributed by atoms with van der Waals surface area (Å²) < 4.78 is 37.0. The van der Waals surface area contributed by atoms with E-state index in [2.05, 4.69) is 0 Å². The number of aromatic nitrogens is 1. The Kier molecular flexibility index (Phi) is 2.49. The molecule has 1 aromatic heterocycles. The molecule has 1 aromatic rings. The topological polar surface area (TPSA) is 42.2 Å². The van der Waals surface area contributed by atoms with Crippen LogP contribution in [0.4, 0.5) is 13.2 Å². The van der Waals surface area contributed by atoms with Crippen LogP contribution in [0.5, 0.6) is 5.75 Å². The highest BCUT2D eigenvalue weighted by Gasteiger charge is 2.34. The van der Waals surface area contributed by atoms with Crippen molar-refractivity contribution in [2.24, 2.45) is 7.05 Å². The Labute approximate surface area is 81.3 Å². The van der Waals surface area contributed by atoms with Crippen LogP contribution in [0.2, 0.25) is 5.02 Å². The van der Waals surface area contributed by atoms with Crippen LogP contribution in [0.15, 0.2) is 10.9 Å². The molecular weight excluding hydrogens is 223 g/mol. The number of halogens is 4. The standard InChI is InChI=1S/C7H5ClF3NO2/c1-12-4(7(9,10)11)2-3(8)5(13)6(12)14/h2,13H,1H3. The second-order valence-corrected chi connectivity index (χ2v) is 3.00. The molecular formula is C7H5ClF3NO2. The summed E-state index contributed by atoms with van der Waals surface area (Å²) in [5.41, 5.74) is -2.38. The molecule has 0 bridgehead atoms. The number of hydrogen-bond donors (Lipinski definition) is 1. The van der Waals surface area contributed by atoms with Crippen molar-refractivity contribution >= 4 is 11.6 Å². The van der Waals surface area contributed by atoms with Gasteiger partial charge in [-0.1, -0.05) is 11.6 Å². The van der Waals surface area contributed by atoms with E-state index < -0.39 is 28.2 Å². The van der Waals surface area contributed by atoms with Crippen molar-refractivity contribution in [3.63, 3.8) is 0 Å². The van der Waals surface area contributed by atoms with Crippen molar-refractivity contribution in [3.8, 4) is 5.75 Å². The monoisotopic (exact) mass is 227 g/mol. The molecule has 0 radical (unpaired) electrons. The third-order valence-corrected chi connectivity index (χ3v) is 1.94. The first-order valence-electron chi connectivity index (χ1n) is 3.41. The second kappa shape index (κ2) is 3.20. The summed E-state index contributed by atoms with van der Waals surface area (Å²) in [4.78, 5) is 11.0. The van der Waals surface area contributed by atoms with Gasteiger partial charge < -0.3 is 9.67 Å². The molecule has 1 heterocycles. The summed E-state index contributed by atoms with van der Waals surface area (Å²) in [5, 5.41) is 8.33. The van der Waals surface area contributed by atoms with E-state index in [-0.39, 0.29) is 0 Å². The molecule has 0 amide bonds. The Morgan fingerprint density at radius 1 is 1.50 bits per heavy atom. The molecule has 1 N–H and O–H groups in total. The maximum absolute atomic E-state index is 12.2. The van der Waals surface area contributed by atoms with E-state index in [4.69, 9.17) is 16.7 Å². The largest absolute Gasteiger partial charge is 0.502 e. The van der Waals surface area contributed by atoms with Crippen molar-refractivity contribution in [2.75, 3.05) is 0 Å². The predicted octanol–water partition coefficient (Wildman–Crippen LogP) is 1.76. The van der Waals surface area contributed by atoms with E-state index in [0.29, 0.717) is 10.6 Å². The van der Waals surface area contributed by atoms with E-state index >= 15 is 0 Å². The molecule has 0 aliphatic heterocycles. The molecule has 14 heavy (non-hydrogen) atoms. The molecule has 0 atom stereocenters. The molecule has 0 unspecified atom stereocenters. The lowest BCUT2D eigenvalue weighted by molar-refractivity contribution is -0.143. The molecule has 1 rings (SSSR count). The third kappa shape index (κ3) is 1.70. The van der Waals surface area contributed by atoms with Gasteiger partial charge in [0.1, 0.15) is 5.69 Å². The van der Waals surface area contributed by atoms with Gasteiger partial charge in [-0.15, -0.1) is 0 Å². The first-order chi connectivity index (χ1) is 6.25. The van der Waals surface area contributed by atoms with Gasteiger partial charge in [0, 0.05) is 7.05 Å². The molecule has 0 saturated heterocycles. The van der Waals surface area contributed by atoms with Crippen molar-refractivity contribution in [1.82, 2.24) is 4.57 Å². The third-order valence-electron chi connectivity index (χ3n) is 1.65. The smallest absolute Gasteiger partial charge is 0.431 e. The minimum absolute atomic E-state index is 0.293. The molecule has 7 heteroatoms. The highest BCUT2D eigenvalue weighted by atomic mass is 35.5. The molecule has 0 fully saturated rings. The Bertz CT molecular complexity index is 424. The van der Waals surface area contributed by atoms with Gasteiger partial charge in [-0.25, -0.2) is 0 Å². The Morgan fingerprint density at radius 3 is 2.43 bits per heavy atom. The zero-order chi connectivity index (χ0) is 11.1. The molecule has 0 aromatic carbocycles. The van der Waals surface area contributed by atoms with Gasteiger partial charge in [-0.2, -0.15) is 13.2 Å². The van der Waals surface area contributed by atoms with Gasteiger partial charge in [0.2, 0.25) is 5.75 Å². The van der Waals surface area contributed by atoms with E-state index in [0.717, 1.165) is 7.05 Å². The maximum Gasteiger partial charge on any atom is 0.431 e. The summed E-state index contributed by atoms with van der Waals surface area (Å²) in [5.74, 6) is -0.887. The summed E-state index contributed by atoms with van der Waals surface area (Å²) in [6.45, 7) is 0. The molecule has 0 spiro atoms. The predicted molar refractivity (Wildman–Crippen MR) is 43.4 cm³/mol. The highest BCUT2D eigenvalue weighted by Crippen LogP contribution is 2.31. The van der Waals surface area contributed by atoms with Crippen LogP contribution >= 0.6 is 11.6 Å². The van der Waals surface area contributed by atoms with Crippen molar-refractivity contribution in [1.29, 1.82) is 0 Å². The quantitative estimate of drug-likeness (QED) is 0.734. The fourth-order valence-electron chi connectivity index (χ4n) is 0.928. The number of pyridine rings is 1. The minimum atomic E-state index is -4.68. The van der Waals surface area contributed by atoms with E-state index in [1.54, 1.807) is 0 Å². The van der Waals surface area contributed by atoms with Crippen molar-refractivity contribution in [2.45, 2.75) is 6.18 Å². The van der Waals surface area contributed by atoms with Crippen LogP contribution in [-0.4, -0.2) is 9.67 Å². The van der Waals surface area contributed by atoms with Crippen LogP contribution in [0.25, 0.3) is 0 Å². The number of nitrogens with zero attached hydrogens (tertiary/aromatic N) is 1. The minimum Gasteiger partial charge on any atom is -0.502 e. The van der Waals surface area contributed by atoms with Gasteiger partial charge in [-0.05, 0) is 6.07 Å². The fraction of sp³-hybridized carbons (Fsp3) is 0.286. The van der Waals surface area contributed by atoms with Crippen LogP contribution in [0.3, 0.4) is 0 Å². The average Bonchev–Trinajstić information content (AvgIpc) is 2.06. The van der Waals surface area contributed by atoms with Gasteiger partial charge >= 0.3 is 6.18 Å². The van der Waals surface area contributed by atoms with Gasteiger partial charge in [-0.3, -0.25) is 4.79 Å². The van der Waals surface area contributed by atoms with Gasteiger partial charge in [0.15, 0.2) is 0 Å². The van der Waals surface area contributed by atoms with Gasteiger partial charge in [0.05, 0.1) is 5.02 Å². The average molecular weight is 228 g/mol. The van der Waals surface area contributed by atoms with Crippen molar-refractivity contribution < 1.29 is 18.3 Å². The van der Waals surface area contributed by atoms with E-state index in [1.165, 1.54) is 0 Å². The molecule has 78 valence electrons. The normalized spacial score (nSPS) is 11.8. The fourth-order valence-corrected chi connectivity index (χ4v) is 1.11. The van der Waals surface area contributed by atoms with Crippen LogP contribution in [0.1, 0.15) is 5.69 Å². The lowest BCUT2D eigenvalue weighted by atomic mass is 10.3. The molecule has 0 aliphatic carbocycles. The van der Waals surface area contributed by atoms with Crippen LogP contribution in [-0.2, 0) is 13.2 Å². The summed E-state index contributed by atoms with van der Waals surface area (Å²) in [6.07, 6.45) is -4.68.